The van der Waals surface area contributed by atoms with Crippen LogP contribution in [0.15, 0.2) is 22.7 Å². The predicted octanol–water partition coefficient (Wildman–Crippen LogP) is 4.95. The smallest absolute Gasteiger partial charge is 0.122 e. The van der Waals surface area contributed by atoms with Crippen LogP contribution in [0.5, 0.6) is 5.75 Å². The maximum Gasteiger partial charge on any atom is 0.122 e. The molecule has 0 spiro atoms. The van der Waals surface area contributed by atoms with Gasteiger partial charge in [0.25, 0.3) is 0 Å². The Morgan fingerprint density at radius 3 is 2.67 bits per heavy atom. The van der Waals surface area contributed by atoms with E-state index in [1.165, 1.54) is 44.1 Å². The lowest BCUT2D eigenvalue weighted by atomic mass is 9.70. The molecule has 0 bridgehead atoms. The number of hydrogen-bond donors (Lipinski definition) is 1. The van der Waals surface area contributed by atoms with Crippen LogP contribution in [0.3, 0.4) is 0 Å². The monoisotopic (exact) mass is 353 g/mol. The molecular formula is C18H28BrNO. The average molecular weight is 354 g/mol. The summed E-state index contributed by atoms with van der Waals surface area (Å²) in [7, 11) is 1.77. The molecule has 1 aromatic rings. The fraction of sp³-hybridized carbons (Fsp3) is 0.667. The third-order valence-electron chi connectivity index (χ3n) is 4.65. The summed E-state index contributed by atoms with van der Waals surface area (Å²) in [6, 6.07) is 6.37. The van der Waals surface area contributed by atoms with Gasteiger partial charge >= 0.3 is 0 Å². The highest BCUT2D eigenvalue weighted by molar-refractivity contribution is 9.10. The van der Waals surface area contributed by atoms with E-state index in [1.807, 2.05) is 0 Å². The Hall–Kier alpha value is -0.540. The molecule has 2 rings (SSSR count). The second-order valence-electron chi connectivity index (χ2n) is 6.37. The number of nitrogens with one attached hydrogen (secondary N) is 1. The normalized spacial score (nSPS) is 17.7. The van der Waals surface area contributed by atoms with Crippen LogP contribution in [0, 0.1) is 5.41 Å². The van der Waals surface area contributed by atoms with Gasteiger partial charge in [-0.2, -0.15) is 0 Å². The minimum Gasteiger partial charge on any atom is -0.496 e. The molecule has 1 fully saturated rings. The van der Waals surface area contributed by atoms with Crippen LogP contribution in [0.1, 0.15) is 51.0 Å². The SMILES string of the molecule is CCCNCC1(Cc2cc(Br)ccc2OC)CCCCC1. The van der Waals surface area contributed by atoms with E-state index >= 15 is 0 Å². The molecule has 0 radical (unpaired) electrons. The molecule has 0 heterocycles. The maximum atomic E-state index is 5.57. The highest BCUT2D eigenvalue weighted by Crippen LogP contribution is 2.41. The molecule has 1 aromatic carbocycles. The van der Waals surface area contributed by atoms with E-state index in [1.54, 1.807) is 7.11 Å². The van der Waals surface area contributed by atoms with Gasteiger partial charge in [0.2, 0.25) is 0 Å². The van der Waals surface area contributed by atoms with Crippen molar-refractivity contribution in [2.75, 3.05) is 20.2 Å². The highest BCUT2D eigenvalue weighted by atomic mass is 79.9. The molecule has 1 saturated carbocycles. The van der Waals surface area contributed by atoms with Gasteiger partial charge in [-0.15, -0.1) is 0 Å². The second-order valence-corrected chi connectivity index (χ2v) is 7.29. The van der Waals surface area contributed by atoms with Gasteiger partial charge < -0.3 is 10.1 Å². The average Bonchev–Trinajstić information content (AvgIpc) is 2.49. The standard InChI is InChI=1S/C18H28BrNO/c1-3-11-20-14-18(9-5-4-6-10-18)13-15-12-16(19)7-8-17(15)21-2/h7-8,12,20H,3-6,9-11,13-14H2,1-2H3. The molecule has 0 aromatic heterocycles. The molecule has 2 nitrogen and oxygen atoms in total. The Balaban J connectivity index is 2.15. The first-order valence-corrected chi connectivity index (χ1v) is 9.01. The van der Waals surface area contributed by atoms with Crippen LogP contribution in [0.2, 0.25) is 0 Å². The van der Waals surface area contributed by atoms with Gasteiger partial charge in [0.15, 0.2) is 0 Å². The number of hydrogen-bond acceptors (Lipinski definition) is 2. The van der Waals surface area contributed by atoms with Gasteiger partial charge in [0.1, 0.15) is 5.75 Å². The lowest BCUT2D eigenvalue weighted by Gasteiger charge is -2.38. The number of rotatable bonds is 7. The zero-order valence-electron chi connectivity index (χ0n) is 13.4. The van der Waals surface area contributed by atoms with E-state index in [4.69, 9.17) is 4.74 Å². The Morgan fingerprint density at radius 1 is 1.24 bits per heavy atom. The van der Waals surface area contributed by atoms with E-state index in [-0.39, 0.29) is 0 Å². The van der Waals surface area contributed by atoms with Gasteiger partial charge in [-0.3, -0.25) is 0 Å². The summed E-state index contributed by atoms with van der Waals surface area (Å²) in [5.74, 6) is 1.03. The molecule has 1 N–H and O–H groups in total. The highest BCUT2D eigenvalue weighted by Gasteiger charge is 2.32. The molecule has 1 aliphatic carbocycles. The van der Waals surface area contributed by atoms with Gasteiger partial charge in [0, 0.05) is 11.0 Å². The molecule has 0 atom stereocenters. The fourth-order valence-electron chi connectivity index (χ4n) is 3.54. The molecule has 0 aliphatic heterocycles. The van der Waals surface area contributed by atoms with Crippen molar-refractivity contribution in [3.05, 3.63) is 28.2 Å². The van der Waals surface area contributed by atoms with Gasteiger partial charge in [-0.1, -0.05) is 42.1 Å². The molecule has 0 amide bonds. The van der Waals surface area contributed by atoms with Crippen molar-refractivity contribution in [2.45, 2.75) is 51.9 Å². The zero-order valence-corrected chi connectivity index (χ0v) is 15.0. The largest absolute Gasteiger partial charge is 0.496 e. The minimum atomic E-state index is 0.404. The van der Waals surface area contributed by atoms with Crippen molar-refractivity contribution in [3.8, 4) is 5.75 Å². The summed E-state index contributed by atoms with van der Waals surface area (Å²) in [5, 5.41) is 3.67. The van der Waals surface area contributed by atoms with Gasteiger partial charge in [-0.05, 0) is 61.4 Å². The van der Waals surface area contributed by atoms with E-state index in [0.717, 1.165) is 29.7 Å². The predicted molar refractivity (Wildman–Crippen MR) is 93.1 cm³/mol. The van der Waals surface area contributed by atoms with E-state index in [2.05, 4.69) is 46.4 Å². The molecule has 3 heteroatoms. The van der Waals surface area contributed by atoms with Crippen molar-refractivity contribution >= 4 is 15.9 Å². The molecule has 0 unspecified atom stereocenters. The molecule has 118 valence electrons. The number of ether oxygens (including phenoxy) is 1. The van der Waals surface area contributed by atoms with Crippen LogP contribution >= 0.6 is 15.9 Å². The van der Waals surface area contributed by atoms with Crippen LogP contribution in [-0.2, 0) is 6.42 Å². The van der Waals surface area contributed by atoms with Gasteiger partial charge in [-0.25, -0.2) is 0 Å². The Kier molecular flexibility index (Phi) is 6.56. The summed E-state index contributed by atoms with van der Waals surface area (Å²) in [6.45, 7) is 4.49. The lowest BCUT2D eigenvalue weighted by molar-refractivity contribution is 0.179. The first-order valence-electron chi connectivity index (χ1n) is 8.22. The third-order valence-corrected chi connectivity index (χ3v) is 5.14. The van der Waals surface area contributed by atoms with Crippen molar-refractivity contribution < 1.29 is 4.74 Å². The fourth-order valence-corrected chi connectivity index (χ4v) is 3.95. The molecule has 21 heavy (non-hydrogen) atoms. The van der Waals surface area contributed by atoms with Crippen molar-refractivity contribution in [1.29, 1.82) is 0 Å². The van der Waals surface area contributed by atoms with Crippen LogP contribution in [0.4, 0.5) is 0 Å². The first-order chi connectivity index (χ1) is 10.2. The Morgan fingerprint density at radius 2 is 2.00 bits per heavy atom. The quantitative estimate of drug-likeness (QED) is 0.700. The van der Waals surface area contributed by atoms with Crippen LogP contribution < -0.4 is 10.1 Å². The number of methoxy groups -OCH3 is 1. The van der Waals surface area contributed by atoms with E-state index in [9.17, 15) is 0 Å². The first kappa shape index (κ1) is 16.8. The van der Waals surface area contributed by atoms with Crippen molar-refractivity contribution in [3.63, 3.8) is 0 Å². The van der Waals surface area contributed by atoms with E-state index < -0.39 is 0 Å². The van der Waals surface area contributed by atoms with Crippen molar-refractivity contribution in [1.82, 2.24) is 5.32 Å². The second kappa shape index (κ2) is 8.19. The topological polar surface area (TPSA) is 21.3 Å². The summed E-state index contributed by atoms with van der Waals surface area (Å²) in [6.07, 6.45) is 9.11. The van der Waals surface area contributed by atoms with Crippen LogP contribution in [-0.4, -0.2) is 20.2 Å². The molecular weight excluding hydrogens is 326 g/mol. The lowest BCUT2D eigenvalue weighted by Crippen LogP contribution is -2.38. The van der Waals surface area contributed by atoms with E-state index in [0.29, 0.717) is 5.41 Å². The third kappa shape index (κ3) is 4.72. The molecule has 0 saturated heterocycles. The summed E-state index contributed by atoms with van der Waals surface area (Å²) < 4.78 is 6.72. The molecule has 1 aliphatic rings. The summed E-state index contributed by atoms with van der Waals surface area (Å²) in [4.78, 5) is 0. The Bertz CT molecular complexity index is 441. The Labute approximate surface area is 137 Å². The number of halogens is 1. The van der Waals surface area contributed by atoms with Crippen LogP contribution in [0.25, 0.3) is 0 Å². The summed E-state index contributed by atoms with van der Waals surface area (Å²) in [5.41, 5.74) is 1.74. The van der Waals surface area contributed by atoms with Crippen molar-refractivity contribution in [2.24, 2.45) is 5.41 Å². The summed E-state index contributed by atoms with van der Waals surface area (Å²) >= 11 is 3.60. The number of benzene rings is 1. The zero-order chi connectivity index (χ0) is 15.1. The minimum absolute atomic E-state index is 0.404. The maximum absolute atomic E-state index is 5.57. The van der Waals surface area contributed by atoms with Gasteiger partial charge in [0.05, 0.1) is 7.11 Å².